The Balaban J connectivity index is 1.40. The zero-order valence-corrected chi connectivity index (χ0v) is 23.3. The molecule has 0 unspecified atom stereocenters. The van der Waals surface area contributed by atoms with Crippen LogP contribution in [0.25, 0.3) is 11.1 Å². The predicted molar refractivity (Wildman–Crippen MR) is 153 cm³/mol. The molecule has 0 radical (unpaired) electrons. The molecule has 0 aliphatic heterocycles. The molecule has 1 aromatic heterocycles. The number of H-pyrrole nitrogens is 1. The maximum absolute atomic E-state index is 11.7. The Morgan fingerprint density at radius 2 is 1.70 bits per heavy atom. The number of benzene rings is 3. The van der Waals surface area contributed by atoms with Crippen molar-refractivity contribution in [3.05, 3.63) is 103 Å². The number of carbonyl (C=O) groups excluding carboxylic acids is 1. The van der Waals surface area contributed by atoms with Gasteiger partial charge in [0, 0.05) is 13.0 Å². The summed E-state index contributed by atoms with van der Waals surface area (Å²) in [6.07, 6.45) is 1.24. The Labute approximate surface area is 232 Å². The molecule has 0 atom stereocenters. The summed E-state index contributed by atoms with van der Waals surface area (Å²) in [7, 11) is 0. The number of carbonyl (C=O) groups is 1. The van der Waals surface area contributed by atoms with Crippen LogP contribution < -0.4 is 26.2 Å². The second kappa shape index (κ2) is 13.0. The molecule has 0 aliphatic carbocycles. The molecule has 2 N–H and O–H groups in total. The van der Waals surface area contributed by atoms with E-state index < -0.39 is 11.4 Å². The van der Waals surface area contributed by atoms with Crippen molar-refractivity contribution in [3.63, 3.8) is 0 Å². The SMILES string of the molecule is CCC(=O)NCCCOc1cc(C)c(-c2cccc(COc3ccc(Cn4oc(=O)[nH]c4=O)cc3)c2C)c(C)c1. The predicted octanol–water partition coefficient (Wildman–Crippen LogP) is 4.64. The van der Waals surface area contributed by atoms with Gasteiger partial charge >= 0.3 is 11.4 Å². The highest BCUT2D eigenvalue weighted by Crippen LogP contribution is 2.34. The number of aryl methyl sites for hydroxylation is 2. The average molecular weight is 546 g/mol. The molecule has 9 heteroatoms. The van der Waals surface area contributed by atoms with E-state index in [1.165, 1.54) is 5.56 Å². The molecular formula is C31H35N3O6. The normalized spacial score (nSPS) is 10.9. The number of nitrogens with one attached hydrogen (secondary N) is 2. The highest BCUT2D eigenvalue weighted by Gasteiger charge is 2.13. The van der Waals surface area contributed by atoms with Crippen LogP contribution in [0.15, 0.2) is 68.7 Å². The van der Waals surface area contributed by atoms with Crippen LogP contribution in [0.4, 0.5) is 0 Å². The van der Waals surface area contributed by atoms with Gasteiger partial charge in [-0.2, -0.15) is 0 Å². The van der Waals surface area contributed by atoms with Crippen molar-refractivity contribution in [2.45, 2.75) is 53.7 Å². The molecule has 0 aliphatic rings. The lowest BCUT2D eigenvalue weighted by atomic mass is 9.90. The van der Waals surface area contributed by atoms with Crippen molar-refractivity contribution in [1.29, 1.82) is 0 Å². The summed E-state index contributed by atoms with van der Waals surface area (Å²) in [5, 5.41) is 2.86. The van der Waals surface area contributed by atoms with Crippen molar-refractivity contribution in [1.82, 2.24) is 15.0 Å². The maximum atomic E-state index is 11.7. The summed E-state index contributed by atoms with van der Waals surface area (Å²) in [5.74, 6) is 0.795. The monoisotopic (exact) mass is 545 g/mol. The van der Waals surface area contributed by atoms with E-state index >= 15 is 0 Å². The van der Waals surface area contributed by atoms with Gasteiger partial charge in [-0.3, -0.25) is 4.79 Å². The number of ether oxygens (including phenoxy) is 2. The molecule has 0 bridgehead atoms. The van der Waals surface area contributed by atoms with E-state index in [9.17, 15) is 14.4 Å². The second-order valence-corrected chi connectivity index (χ2v) is 9.71. The largest absolute Gasteiger partial charge is 0.494 e. The fourth-order valence-electron chi connectivity index (χ4n) is 4.59. The molecule has 40 heavy (non-hydrogen) atoms. The molecule has 0 saturated carbocycles. The van der Waals surface area contributed by atoms with Gasteiger partial charge in [-0.1, -0.05) is 37.3 Å². The topological polar surface area (TPSA) is 116 Å². The van der Waals surface area contributed by atoms with Gasteiger partial charge in [-0.05, 0) is 90.4 Å². The molecule has 0 saturated heterocycles. The molecule has 210 valence electrons. The van der Waals surface area contributed by atoms with Gasteiger partial charge in [0.25, 0.3) is 0 Å². The van der Waals surface area contributed by atoms with Gasteiger partial charge < -0.3 is 19.3 Å². The standard InChI is InChI=1S/C31H35N3O6/c1-5-28(35)32-14-7-15-38-26-16-20(2)29(21(3)17-26)27-9-6-8-24(22(27)4)19-39-25-12-10-23(11-13-25)18-34-30(36)33-31(37)40-34/h6,8-13,16-17H,5,7,14-15,18-19H2,1-4H3,(H,32,35)(H,33,36,37). The third kappa shape index (κ3) is 7.11. The van der Waals surface area contributed by atoms with Crippen LogP contribution in [-0.4, -0.2) is 28.8 Å². The molecule has 9 nitrogen and oxygen atoms in total. The Hall–Kier alpha value is -4.53. The van der Waals surface area contributed by atoms with Crippen LogP contribution in [0, 0.1) is 20.8 Å². The number of nitrogens with zero attached hydrogens (tertiary/aromatic N) is 1. The molecule has 1 heterocycles. The molecule has 4 rings (SSSR count). The van der Waals surface area contributed by atoms with E-state index in [-0.39, 0.29) is 12.5 Å². The van der Waals surface area contributed by atoms with E-state index in [0.717, 1.165) is 50.3 Å². The Morgan fingerprint density at radius 1 is 0.975 bits per heavy atom. The summed E-state index contributed by atoms with van der Waals surface area (Å²) in [4.78, 5) is 36.3. The molecular weight excluding hydrogens is 510 g/mol. The van der Waals surface area contributed by atoms with Crippen molar-refractivity contribution in [3.8, 4) is 22.6 Å². The van der Waals surface area contributed by atoms with Crippen LogP contribution in [0.3, 0.4) is 0 Å². The number of aromatic nitrogens is 2. The summed E-state index contributed by atoms with van der Waals surface area (Å²) in [5.41, 5.74) is 7.03. The summed E-state index contributed by atoms with van der Waals surface area (Å²) >= 11 is 0. The maximum Gasteiger partial charge on any atom is 0.440 e. The fourth-order valence-corrected chi connectivity index (χ4v) is 4.59. The van der Waals surface area contributed by atoms with E-state index in [4.69, 9.17) is 14.0 Å². The lowest BCUT2D eigenvalue weighted by Crippen LogP contribution is -2.24. The van der Waals surface area contributed by atoms with E-state index in [1.54, 1.807) is 0 Å². The van der Waals surface area contributed by atoms with Crippen LogP contribution in [0.2, 0.25) is 0 Å². The molecule has 1 amide bonds. The molecule has 4 aromatic rings. The first-order chi connectivity index (χ1) is 19.2. The molecule has 3 aromatic carbocycles. The van der Waals surface area contributed by atoms with Crippen LogP contribution in [0.5, 0.6) is 11.5 Å². The third-order valence-electron chi connectivity index (χ3n) is 6.73. The zero-order chi connectivity index (χ0) is 28.6. The third-order valence-corrected chi connectivity index (χ3v) is 6.73. The fraction of sp³-hybridized carbons (Fsp3) is 0.323. The van der Waals surface area contributed by atoms with E-state index in [0.29, 0.717) is 31.9 Å². The number of hydrogen-bond acceptors (Lipinski definition) is 6. The summed E-state index contributed by atoms with van der Waals surface area (Å²) in [6, 6.07) is 17.7. The lowest BCUT2D eigenvalue weighted by Gasteiger charge is -2.18. The summed E-state index contributed by atoms with van der Waals surface area (Å²) < 4.78 is 17.8. The zero-order valence-electron chi connectivity index (χ0n) is 23.3. The van der Waals surface area contributed by atoms with Gasteiger partial charge in [0.15, 0.2) is 0 Å². The second-order valence-electron chi connectivity index (χ2n) is 9.71. The average Bonchev–Trinajstić information content (AvgIpc) is 3.24. The van der Waals surface area contributed by atoms with Crippen LogP contribution in [0.1, 0.15) is 47.6 Å². The van der Waals surface area contributed by atoms with Crippen molar-refractivity contribution < 1.29 is 18.8 Å². The van der Waals surface area contributed by atoms with Crippen LogP contribution in [-0.2, 0) is 17.9 Å². The van der Waals surface area contributed by atoms with Gasteiger partial charge in [-0.15, -0.1) is 4.74 Å². The first kappa shape index (κ1) is 28.5. The minimum absolute atomic E-state index is 0.0526. The summed E-state index contributed by atoms with van der Waals surface area (Å²) in [6.45, 7) is 9.82. The van der Waals surface area contributed by atoms with E-state index in [2.05, 4.69) is 55.3 Å². The van der Waals surface area contributed by atoms with Gasteiger partial charge in [0.2, 0.25) is 5.91 Å². The quantitative estimate of drug-likeness (QED) is 0.251. The smallest absolute Gasteiger partial charge is 0.440 e. The van der Waals surface area contributed by atoms with Gasteiger partial charge in [-0.25, -0.2) is 14.6 Å². The highest BCUT2D eigenvalue weighted by atomic mass is 16.5. The van der Waals surface area contributed by atoms with Crippen LogP contribution >= 0.6 is 0 Å². The Morgan fingerprint density at radius 3 is 2.35 bits per heavy atom. The minimum atomic E-state index is -0.775. The van der Waals surface area contributed by atoms with Gasteiger partial charge in [0.05, 0.1) is 13.2 Å². The first-order valence-corrected chi connectivity index (χ1v) is 13.4. The highest BCUT2D eigenvalue weighted by molar-refractivity contribution is 5.76. The van der Waals surface area contributed by atoms with Gasteiger partial charge in [0.1, 0.15) is 18.1 Å². The Bertz CT molecular complexity index is 1560. The number of rotatable bonds is 12. The Kier molecular flexibility index (Phi) is 9.27. The van der Waals surface area contributed by atoms with Crippen molar-refractivity contribution in [2.24, 2.45) is 0 Å². The molecule has 0 fully saturated rings. The lowest BCUT2D eigenvalue weighted by molar-refractivity contribution is -0.120. The molecule has 0 spiro atoms. The number of aromatic amines is 1. The minimum Gasteiger partial charge on any atom is -0.494 e. The first-order valence-electron chi connectivity index (χ1n) is 13.4. The van der Waals surface area contributed by atoms with E-state index in [1.807, 2.05) is 37.3 Å². The number of hydrogen-bond donors (Lipinski definition) is 2. The van der Waals surface area contributed by atoms with Crippen molar-refractivity contribution >= 4 is 5.91 Å². The van der Waals surface area contributed by atoms with Crippen molar-refractivity contribution in [2.75, 3.05) is 13.2 Å². The number of amides is 1.